The molecule has 0 saturated heterocycles. The number of hydrogen-bond donors (Lipinski definition) is 0. The van der Waals surface area contributed by atoms with Crippen molar-refractivity contribution in [1.29, 1.82) is 0 Å². The zero-order valence-corrected chi connectivity index (χ0v) is 13.0. The van der Waals surface area contributed by atoms with Crippen molar-refractivity contribution >= 4 is 40.1 Å². The van der Waals surface area contributed by atoms with E-state index in [0.29, 0.717) is 17.2 Å². The third-order valence-electron chi connectivity index (χ3n) is 3.21. The first-order chi connectivity index (χ1) is 10.7. The Balaban J connectivity index is 2.16. The van der Waals surface area contributed by atoms with Crippen LogP contribution in [0.15, 0.2) is 52.6 Å². The van der Waals surface area contributed by atoms with Crippen LogP contribution in [-0.2, 0) is 0 Å². The fourth-order valence-electron chi connectivity index (χ4n) is 2.20. The third-order valence-corrected chi connectivity index (χ3v) is 3.31. The lowest BCUT2D eigenvalue weighted by molar-refractivity contribution is 0.916. The van der Waals surface area contributed by atoms with Gasteiger partial charge in [0.1, 0.15) is 5.69 Å². The second-order valence-corrected chi connectivity index (χ2v) is 5.01. The highest BCUT2D eigenvalue weighted by atomic mass is 35.5. The first-order valence-corrected chi connectivity index (χ1v) is 7.21. The minimum absolute atomic E-state index is 0.559. The van der Waals surface area contributed by atoms with Crippen molar-refractivity contribution in [3.63, 3.8) is 0 Å². The summed E-state index contributed by atoms with van der Waals surface area (Å²) in [6, 6.07) is 11.8. The molecule has 0 unspecified atom stereocenters. The van der Waals surface area contributed by atoms with Gasteiger partial charge in [0, 0.05) is 11.8 Å². The molecule has 3 rings (SSSR count). The van der Waals surface area contributed by atoms with Crippen molar-refractivity contribution in [3.8, 4) is 0 Å². The smallest absolute Gasteiger partial charge is 0.184 e. The Kier molecular flexibility index (Phi) is 3.98. The minimum atomic E-state index is 0.559. The average Bonchev–Trinajstić information content (AvgIpc) is 2.91. The average molecular weight is 312 g/mol. The molecule has 2 aromatic heterocycles. The third kappa shape index (κ3) is 2.76. The van der Waals surface area contributed by atoms with Crippen LogP contribution in [0.3, 0.4) is 0 Å². The molecule has 22 heavy (non-hydrogen) atoms. The van der Waals surface area contributed by atoms with Gasteiger partial charge in [0.15, 0.2) is 11.5 Å². The van der Waals surface area contributed by atoms with Gasteiger partial charge in [0.25, 0.3) is 0 Å². The van der Waals surface area contributed by atoms with E-state index >= 15 is 0 Å². The first-order valence-electron chi connectivity index (χ1n) is 6.78. The van der Waals surface area contributed by atoms with Gasteiger partial charge in [0.2, 0.25) is 0 Å². The molecule has 1 aromatic carbocycles. The normalized spacial score (nSPS) is 12.4. The van der Waals surface area contributed by atoms with Crippen LogP contribution in [0.25, 0.3) is 5.65 Å². The predicted molar refractivity (Wildman–Crippen MR) is 90.0 cm³/mol. The number of fused-ring (bicyclic) bond motifs is 1. The number of benzene rings is 1. The molecule has 6 heteroatoms. The Labute approximate surface area is 133 Å². The van der Waals surface area contributed by atoms with E-state index < -0.39 is 0 Å². The number of aliphatic imine (C=N–C) groups is 2. The molecule has 0 atom stereocenters. The number of aryl methyl sites for hydroxylation is 1. The highest BCUT2D eigenvalue weighted by molar-refractivity contribution is 6.56. The van der Waals surface area contributed by atoms with Crippen molar-refractivity contribution in [2.75, 3.05) is 0 Å². The summed E-state index contributed by atoms with van der Waals surface area (Å²) >= 11 is 5.67. The number of hydrogen-bond acceptors (Lipinski definition) is 4. The fraction of sp³-hybridized carbons (Fsp3) is 0.125. The van der Waals surface area contributed by atoms with E-state index in [1.807, 2.05) is 50.2 Å². The summed E-state index contributed by atoms with van der Waals surface area (Å²) in [6.07, 6.45) is 1.68. The molecule has 110 valence electrons. The van der Waals surface area contributed by atoms with Gasteiger partial charge >= 0.3 is 0 Å². The molecular formula is C16H14ClN5. The molecule has 0 radical (unpaired) electrons. The Morgan fingerprint density at radius 2 is 2.05 bits per heavy atom. The van der Waals surface area contributed by atoms with Crippen LogP contribution < -0.4 is 0 Å². The maximum atomic E-state index is 5.67. The number of aromatic nitrogens is 3. The number of rotatable bonds is 3. The lowest BCUT2D eigenvalue weighted by Crippen LogP contribution is -1.96. The molecule has 0 amide bonds. The molecule has 0 aliphatic carbocycles. The monoisotopic (exact) mass is 311 g/mol. The van der Waals surface area contributed by atoms with Crippen molar-refractivity contribution in [1.82, 2.24) is 14.6 Å². The Morgan fingerprint density at radius 3 is 2.77 bits per heavy atom. The standard InChI is InChI=1S/C16H14ClN5/c1-11-8-15-18-9-14(16(19-10-17)22(15)21-11)20-12(2)13-6-4-3-5-7-13/h3-10H,1-2H3/b19-10+,20-12?. The second kappa shape index (κ2) is 6.07. The van der Waals surface area contributed by atoms with Gasteiger partial charge in [-0.25, -0.2) is 15.0 Å². The largest absolute Gasteiger partial charge is 0.248 e. The summed E-state index contributed by atoms with van der Waals surface area (Å²) < 4.78 is 1.64. The fourth-order valence-corrected chi connectivity index (χ4v) is 2.29. The van der Waals surface area contributed by atoms with Gasteiger partial charge in [-0.1, -0.05) is 41.9 Å². The molecule has 3 aromatic rings. The van der Waals surface area contributed by atoms with E-state index in [0.717, 1.165) is 17.0 Å². The van der Waals surface area contributed by atoms with Gasteiger partial charge in [-0.2, -0.15) is 9.61 Å². The van der Waals surface area contributed by atoms with Gasteiger partial charge in [-0.3, -0.25) is 0 Å². The highest BCUT2D eigenvalue weighted by Gasteiger charge is 2.10. The van der Waals surface area contributed by atoms with E-state index in [4.69, 9.17) is 11.6 Å². The zero-order chi connectivity index (χ0) is 15.5. The van der Waals surface area contributed by atoms with E-state index in [1.165, 1.54) is 5.67 Å². The molecule has 0 bridgehead atoms. The minimum Gasteiger partial charge on any atom is -0.248 e. The van der Waals surface area contributed by atoms with Gasteiger partial charge in [-0.15, -0.1) is 0 Å². The number of halogens is 1. The second-order valence-electron chi connectivity index (χ2n) is 4.81. The summed E-state index contributed by atoms with van der Waals surface area (Å²) in [5, 5.41) is 4.38. The van der Waals surface area contributed by atoms with E-state index in [1.54, 1.807) is 10.7 Å². The molecule has 5 nitrogen and oxygen atoms in total. The maximum absolute atomic E-state index is 5.67. The van der Waals surface area contributed by atoms with Crippen LogP contribution >= 0.6 is 11.6 Å². The summed E-state index contributed by atoms with van der Waals surface area (Å²) in [6.45, 7) is 3.85. The quantitative estimate of drug-likeness (QED) is 0.684. The van der Waals surface area contributed by atoms with Gasteiger partial charge in [-0.05, 0) is 19.4 Å². The molecule has 0 spiro atoms. The molecular weight excluding hydrogens is 298 g/mol. The summed E-state index contributed by atoms with van der Waals surface area (Å²) in [5.41, 5.74) is 5.32. The molecule has 2 heterocycles. The first kappa shape index (κ1) is 14.4. The SMILES string of the molecule is CC(=Nc1cnc2cc(C)nn2c1/N=C/Cl)c1ccccc1. The molecule has 0 fully saturated rings. The topological polar surface area (TPSA) is 54.9 Å². The summed E-state index contributed by atoms with van der Waals surface area (Å²) in [5.74, 6) is 0.559. The maximum Gasteiger partial charge on any atom is 0.184 e. The van der Waals surface area contributed by atoms with Crippen molar-refractivity contribution in [3.05, 3.63) is 53.9 Å². The predicted octanol–water partition coefficient (Wildman–Crippen LogP) is 4.08. The zero-order valence-electron chi connectivity index (χ0n) is 12.2. The lowest BCUT2D eigenvalue weighted by Gasteiger charge is -2.05. The molecule has 0 aliphatic rings. The Bertz CT molecular complexity index is 865. The Hall–Kier alpha value is -2.53. The molecule has 0 N–H and O–H groups in total. The van der Waals surface area contributed by atoms with Crippen molar-refractivity contribution in [2.45, 2.75) is 13.8 Å². The molecule has 0 saturated carbocycles. The van der Waals surface area contributed by atoms with Crippen molar-refractivity contribution in [2.24, 2.45) is 9.98 Å². The lowest BCUT2D eigenvalue weighted by atomic mass is 10.1. The van der Waals surface area contributed by atoms with Crippen molar-refractivity contribution < 1.29 is 0 Å². The van der Waals surface area contributed by atoms with E-state index in [-0.39, 0.29) is 0 Å². The van der Waals surface area contributed by atoms with E-state index in [2.05, 4.69) is 20.1 Å². The Morgan fingerprint density at radius 1 is 1.27 bits per heavy atom. The number of nitrogens with zero attached hydrogens (tertiary/aromatic N) is 5. The molecule has 0 aliphatic heterocycles. The van der Waals surface area contributed by atoms with Crippen LogP contribution in [0.5, 0.6) is 0 Å². The van der Waals surface area contributed by atoms with Gasteiger partial charge in [0.05, 0.1) is 17.6 Å². The van der Waals surface area contributed by atoms with Crippen LogP contribution in [0.2, 0.25) is 0 Å². The highest BCUT2D eigenvalue weighted by Crippen LogP contribution is 2.28. The van der Waals surface area contributed by atoms with Gasteiger partial charge < -0.3 is 0 Å². The van der Waals surface area contributed by atoms with Crippen LogP contribution in [0, 0.1) is 6.92 Å². The van der Waals surface area contributed by atoms with Crippen LogP contribution in [-0.4, -0.2) is 26.0 Å². The summed E-state index contributed by atoms with van der Waals surface area (Å²) in [4.78, 5) is 13.2. The van der Waals surface area contributed by atoms with Crippen LogP contribution in [0.1, 0.15) is 18.2 Å². The van der Waals surface area contributed by atoms with E-state index in [9.17, 15) is 0 Å². The van der Waals surface area contributed by atoms with Crippen LogP contribution in [0.4, 0.5) is 11.5 Å². The summed E-state index contributed by atoms with van der Waals surface area (Å²) in [7, 11) is 0.